The molecule has 0 aliphatic rings. The molecule has 0 aliphatic heterocycles. The number of hydrogen-bond donors (Lipinski definition) is 2. The van der Waals surface area contributed by atoms with Gasteiger partial charge in [-0.3, -0.25) is 9.78 Å². The normalized spacial score (nSPS) is 10.8. The molecule has 2 N–H and O–H groups in total. The first-order valence-corrected chi connectivity index (χ1v) is 9.24. The number of aromatic nitrogens is 1. The van der Waals surface area contributed by atoms with E-state index in [9.17, 15) is 4.79 Å². The topological polar surface area (TPSA) is 69.6 Å². The number of amides is 1. The Bertz CT molecular complexity index is 792. The van der Waals surface area contributed by atoms with Crippen LogP contribution in [0.25, 0.3) is 0 Å². The Morgan fingerprint density at radius 1 is 1.18 bits per heavy atom. The average Bonchev–Trinajstić information content (AvgIpc) is 2.66. The number of rotatable bonds is 7. The van der Waals surface area contributed by atoms with Crippen LogP contribution >= 0.6 is 24.0 Å². The summed E-state index contributed by atoms with van der Waals surface area (Å²) in [6, 6.07) is 11.7. The number of nitrogens with one attached hydrogen (secondary N) is 2. The molecule has 0 fully saturated rings. The number of carbonyl (C=O) groups excluding carboxylic acids is 1. The highest BCUT2D eigenvalue weighted by molar-refractivity contribution is 14.0. The van der Waals surface area contributed by atoms with Gasteiger partial charge in [0, 0.05) is 38.9 Å². The van der Waals surface area contributed by atoms with Gasteiger partial charge in [-0.2, -0.15) is 0 Å². The van der Waals surface area contributed by atoms with Crippen molar-refractivity contribution in [1.82, 2.24) is 20.5 Å². The van der Waals surface area contributed by atoms with Crippen LogP contribution in [0.4, 0.5) is 0 Å². The van der Waals surface area contributed by atoms with Crippen LogP contribution in [0, 0.1) is 6.92 Å². The Morgan fingerprint density at radius 3 is 2.64 bits per heavy atom. The van der Waals surface area contributed by atoms with Gasteiger partial charge in [0.2, 0.25) is 0 Å². The summed E-state index contributed by atoms with van der Waals surface area (Å²) in [7, 11) is 3.53. The fourth-order valence-electron chi connectivity index (χ4n) is 2.62. The van der Waals surface area contributed by atoms with Crippen LogP contribution in [0.15, 0.2) is 47.6 Å². The Morgan fingerprint density at radius 2 is 1.96 bits per heavy atom. The lowest BCUT2D eigenvalue weighted by Crippen LogP contribution is -2.38. The summed E-state index contributed by atoms with van der Waals surface area (Å²) < 4.78 is 0. The summed E-state index contributed by atoms with van der Waals surface area (Å²) in [5.74, 6) is 0.786. The molecule has 1 heterocycles. The summed E-state index contributed by atoms with van der Waals surface area (Å²) in [5, 5.41) is 6.60. The van der Waals surface area contributed by atoms with Crippen LogP contribution < -0.4 is 10.6 Å². The van der Waals surface area contributed by atoms with Gasteiger partial charge in [-0.15, -0.1) is 24.0 Å². The first kappa shape index (κ1) is 23.9. The zero-order valence-electron chi connectivity index (χ0n) is 17.0. The number of pyridine rings is 1. The van der Waals surface area contributed by atoms with Crippen molar-refractivity contribution in [2.45, 2.75) is 26.8 Å². The van der Waals surface area contributed by atoms with Crippen molar-refractivity contribution in [2.75, 3.05) is 27.2 Å². The maximum Gasteiger partial charge on any atom is 0.253 e. The quantitative estimate of drug-likeness (QED) is 0.352. The minimum Gasteiger partial charge on any atom is -0.357 e. The third kappa shape index (κ3) is 7.46. The Kier molecular flexibility index (Phi) is 10.5. The van der Waals surface area contributed by atoms with E-state index in [0.29, 0.717) is 12.1 Å². The van der Waals surface area contributed by atoms with E-state index in [2.05, 4.69) is 20.6 Å². The SMILES string of the molecule is CCNC(=NCc1ncccc1C)NCCc1cccc(C(=O)N(C)C)c1.I. The number of halogens is 1. The zero-order chi connectivity index (χ0) is 19.6. The number of hydrogen-bond acceptors (Lipinski definition) is 3. The summed E-state index contributed by atoms with van der Waals surface area (Å²) >= 11 is 0. The van der Waals surface area contributed by atoms with E-state index in [1.165, 1.54) is 0 Å². The summed E-state index contributed by atoms with van der Waals surface area (Å²) in [5.41, 5.74) is 3.94. The molecule has 0 radical (unpaired) electrons. The van der Waals surface area contributed by atoms with E-state index in [1.807, 2.05) is 50.2 Å². The Hall–Kier alpha value is -2.16. The third-order valence-electron chi connectivity index (χ3n) is 4.14. The molecular weight excluding hydrogens is 465 g/mol. The molecule has 0 unspecified atom stereocenters. The summed E-state index contributed by atoms with van der Waals surface area (Å²) in [6.07, 6.45) is 2.60. The van der Waals surface area contributed by atoms with Gasteiger partial charge in [0.25, 0.3) is 5.91 Å². The first-order chi connectivity index (χ1) is 13.0. The first-order valence-electron chi connectivity index (χ1n) is 9.24. The van der Waals surface area contributed by atoms with Crippen molar-refractivity contribution in [2.24, 2.45) is 4.99 Å². The molecule has 2 aromatic rings. The number of nitrogens with zero attached hydrogens (tertiary/aromatic N) is 3. The number of guanidine groups is 1. The van der Waals surface area contributed by atoms with E-state index >= 15 is 0 Å². The molecule has 6 nitrogen and oxygen atoms in total. The van der Waals surface area contributed by atoms with Gasteiger partial charge < -0.3 is 15.5 Å². The van der Waals surface area contributed by atoms with E-state index in [-0.39, 0.29) is 29.9 Å². The van der Waals surface area contributed by atoms with Crippen molar-refractivity contribution in [3.63, 3.8) is 0 Å². The predicted octanol–water partition coefficient (Wildman–Crippen LogP) is 3.01. The van der Waals surface area contributed by atoms with Crippen molar-refractivity contribution in [1.29, 1.82) is 0 Å². The van der Waals surface area contributed by atoms with E-state index in [1.54, 1.807) is 25.2 Å². The number of benzene rings is 1. The van der Waals surface area contributed by atoms with Gasteiger partial charge in [-0.25, -0.2) is 4.99 Å². The Balaban J connectivity index is 0.00000392. The largest absolute Gasteiger partial charge is 0.357 e. The molecule has 0 aliphatic carbocycles. The second kappa shape index (κ2) is 12.3. The molecular formula is C21H30IN5O. The molecule has 0 spiro atoms. The van der Waals surface area contributed by atoms with Crippen molar-refractivity contribution in [3.05, 3.63) is 65.0 Å². The number of aryl methyl sites for hydroxylation is 1. The fourth-order valence-corrected chi connectivity index (χ4v) is 2.62. The van der Waals surface area contributed by atoms with Crippen molar-refractivity contribution in [3.8, 4) is 0 Å². The summed E-state index contributed by atoms with van der Waals surface area (Å²) in [6.45, 7) is 6.14. The molecule has 152 valence electrons. The lowest BCUT2D eigenvalue weighted by molar-refractivity contribution is 0.0827. The lowest BCUT2D eigenvalue weighted by Gasteiger charge is -2.13. The molecule has 0 saturated heterocycles. The second-order valence-electron chi connectivity index (χ2n) is 6.54. The standard InChI is InChI=1S/C21H29N5O.HI/c1-5-22-21(25-15-19-16(2)8-7-12-23-19)24-13-11-17-9-6-10-18(14-17)20(27)26(3)4;/h6-10,12,14H,5,11,13,15H2,1-4H3,(H2,22,24,25);1H. The Labute approximate surface area is 184 Å². The predicted molar refractivity (Wildman–Crippen MR) is 125 cm³/mol. The summed E-state index contributed by atoms with van der Waals surface area (Å²) in [4.78, 5) is 22.7. The van der Waals surface area contributed by atoms with Crippen LogP contribution in [-0.4, -0.2) is 48.9 Å². The average molecular weight is 495 g/mol. The third-order valence-corrected chi connectivity index (χ3v) is 4.14. The number of carbonyl (C=O) groups is 1. The van der Waals surface area contributed by atoms with Gasteiger partial charge in [0.1, 0.15) is 0 Å². The van der Waals surface area contributed by atoms with Crippen LogP contribution in [0.5, 0.6) is 0 Å². The van der Waals surface area contributed by atoms with Crippen molar-refractivity contribution < 1.29 is 4.79 Å². The molecule has 28 heavy (non-hydrogen) atoms. The fraction of sp³-hybridized carbons (Fsp3) is 0.381. The molecule has 0 saturated carbocycles. The highest BCUT2D eigenvalue weighted by Crippen LogP contribution is 2.08. The monoisotopic (exact) mass is 495 g/mol. The lowest BCUT2D eigenvalue weighted by atomic mass is 10.1. The zero-order valence-corrected chi connectivity index (χ0v) is 19.4. The molecule has 2 rings (SSSR count). The maximum atomic E-state index is 12.1. The van der Waals surface area contributed by atoms with E-state index in [4.69, 9.17) is 0 Å². The minimum absolute atomic E-state index is 0. The molecule has 0 atom stereocenters. The van der Waals surface area contributed by atoms with Gasteiger partial charge in [-0.1, -0.05) is 18.2 Å². The molecule has 7 heteroatoms. The minimum atomic E-state index is 0. The van der Waals surface area contributed by atoms with Crippen LogP contribution in [-0.2, 0) is 13.0 Å². The van der Waals surface area contributed by atoms with Crippen LogP contribution in [0.3, 0.4) is 0 Å². The van der Waals surface area contributed by atoms with Gasteiger partial charge in [-0.05, 0) is 49.6 Å². The maximum absolute atomic E-state index is 12.1. The molecule has 0 bridgehead atoms. The van der Waals surface area contributed by atoms with E-state index in [0.717, 1.165) is 42.3 Å². The smallest absolute Gasteiger partial charge is 0.253 e. The molecule has 1 amide bonds. The highest BCUT2D eigenvalue weighted by Gasteiger charge is 2.08. The van der Waals surface area contributed by atoms with Crippen molar-refractivity contribution >= 4 is 35.8 Å². The molecule has 1 aromatic carbocycles. The second-order valence-corrected chi connectivity index (χ2v) is 6.54. The van der Waals surface area contributed by atoms with Gasteiger partial charge in [0.15, 0.2) is 5.96 Å². The van der Waals surface area contributed by atoms with E-state index < -0.39 is 0 Å². The highest BCUT2D eigenvalue weighted by atomic mass is 127. The van der Waals surface area contributed by atoms with Gasteiger partial charge in [0.05, 0.1) is 12.2 Å². The van der Waals surface area contributed by atoms with Crippen LogP contribution in [0.2, 0.25) is 0 Å². The van der Waals surface area contributed by atoms with Gasteiger partial charge >= 0.3 is 0 Å². The molecule has 1 aromatic heterocycles. The van der Waals surface area contributed by atoms with Crippen LogP contribution in [0.1, 0.15) is 34.1 Å². The number of aliphatic imine (C=N–C) groups is 1.